The highest BCUT2D eigenvalue weighted by atomic mass is 35.5. The smallest absolute Gasteiger partial charge is 0.225 e. The zero-order valence-corrected chi connectivity index (χ0v) is 22.3. The Bertz CT molecular complexity index is 1070. The van der Waals surface area contributed by atoms with Gasteiger partial charge in [0.1, 0.15) is 18.0 Å². The van der Waals surface area contributed by atoms with Crippen LogP contribution in [-0.2, 0) is 20.7 Å². The fraction of sp³-hybridized carbons (Fsp3) is 0.500. The number of hydrogen-bond donors (Lipinski definition) is 0. The molecular formula is C28H34Cl2N2O4. The first-order valence-corrected chi connectivity index (χ1v) is 13.4. The predicted molar refractivity (Wildman–Crippen MR) is 142 cm³/mol. The molecule has 8 heteroatoms. The monoisotopic (exact) mass is 532 g/mol. The normalized spacial score (nSPS) is 20.3. The molecule has 2 aromatic carbocycles. The van der Waals surface area contributed by atoms with E-state index in [4.69, 9.17) is 32.7 Å². The molecule has 0 spiro atoms. The van der Waals surface area contributed by atoms with Gasteiger partial charge in [-0.1, -0.05) is 41.4 Å². The molecule has 0 bridgehead atoms. The number of halogens is 2. The zero-order chi connectivity index (χ0) is 25.5. The third kappa shape index (κ3) is 6.93. The summed E-state index contributed by atoms with van der Waals surface area (Å²) in [5.41, 5.74) is 0.947. The lowest BCUT2D eigenvalue weighted by Gasteiger charge is -2.43. The molecule has 194 valence electrons. The molecule has 2 fully saturated rings. The summed E-state index contributed by atoms with van der Waals surface area (Å²) in [6, 6.07) is 13.1. The molecule has 1 atom stereocenters. The van der Waals surface area contributed by atoms with Crippen molar-refractivity contribution >= 4 is 35.0 Å². The Morgan fingerprint density at radius 2 is 1.75 bits per heavy atom. The number of likely N-dealkylation sites (tertiary alicyclic amines) is 1. The highest BCUT2D eigenvalue weighted by Gasteiger charge is 2.42. The molecule has 2 saturated heterocycles. The summed E-state index contributed by atoms with van der Waals surface area (Å²) in [5.74, 6) is 0.735. The summed E-state index contributed by atoms with van der Waals surface area (Å²) in [4.78, 5) is 30.2. The number of aryl methyl sites for hydroxylation is 2. The molecule has 2 heterocycles. The Morgan fingerprint density at radius 1 is 0.972 bits per heavy atom. The number of piperidine rings is 1. The Labute approximate surface area is 223 Å². The van der Waals surface area contributed by atoms with Crippen molar-refractivity contribution in [1.82, 2.24) is 9.80 Å². The average molecular weight is 533 g/mol. The van der Waals surface area contributed by atoms with Crippen molar-refractivity contribution < 1.29 is 19.1 Å². The number of amides is 2. The number of rotatable bonds is 8. The second kappa shape index (κ2) is 12.3. The highest BCUT2D eigenvalue weighted by molar-refractivity contribution is 6.31. The van der Waals surface area contributed by atoms with Gasteiger partial charge in [-0.3, -0.25) is 9.59 Å². The highest BCUT2D eigenvalue weighted by Crippen LogP contribution is 2.28. The van der Waals surface area contributed by atoms with Gasteiger partial charge in [0.2, 0.25) is 11.8 Å². The minimum Gasteiger partial charge on any atom is -0.490 e. The summed E-state index contributed by atoms with van der Waals surface area (Å²) in [7, 11) is 0. The van der Waals surface area contributed by atoms with E-state index in [2.05, 4.69) is 0 Å². The van der Waals surface area contributed by atoms with Crippen LogP contribution < -0.4 is 4.74 Å². The zero-order valence-electron chi connectivity index (χ0n) is 20.8. The van der Waals surface area contributed by atoms with Gasteiger partial charge in [-0.25, -0.2) is 0 Å². The van der Waals surface area contributed by atoms with Crippen molar-refractivity contribution in [2.45, 2.75) is 51.0 Å². The van der Waals surface area contributed by atoms with Gasteiger partial charge in [-0.05, 0) is 68.0 Å². The molecule has 0 aliphatic carbocycles. The van der Waals surface area contributed by atoms with Crippen LogP contribution in [0, 0.1) is 6.92 Å². The fourth-order valence-corrected chi connectivity index (χ4v) is 5.20. The predicted octanol–water partition coefficient (Wildman–Crippen LogP) is 5.31. The van der Waals surface area contributed by atoms with Crippen LogP contribution >= 0.6 is 23.2 Å². The van der Waals surface area contributed by atoms with E-state index in [1.165, 1.54) is 0 Å². The fourth-order valence-electron chi connectivity index (χ4n) is 4.86. The molecular weight excluding hydrogens is 499 g/mol. The van der Waals surface area contributed by atoms with E-state index in [0.717, 1.165) is 43.5 Å². The number of nitrogens with zero attached hydrogens (tertiary/aromatic N) is 2. The van der Waals surface area contributed by atoms with Crippen LogP contribution in [0.1, 0.15) is 43.2 Å². The van der Waals surface area contributed by atoms with Gasteiger partial charge < -0.3 is 19.3 Å². The average Bonchev–Trinajstić information content (AvgIpc) is 2.89. The van der Waals surface area contributed by atoms with Crippen molar-refractivity contribution in [2.24, 2.45) is 0 Å². The van der Waals surface area contributed by atoms with Gasteiger partial charge in [0.25, 0.3) is 0 Å². The van der Waals surface area contributed by atoms with E-state index >= 15 is 0 Å². The van der Waals surface area contributed by atoms with E-state index in [1.807, 2.05) is 48.2 Å². The van der Waals surface area contributed by atoms with E-state index < -0.39 is 5.60 Å². The summed E-state index contributed by atoms with van der Waals surface area (Å²) in [6.45, 7) is 4.78. The molecule has 2 amide bonds. The number of carbonyl (C=O) groups is 2. The minimum atomic E-state index is -0.916. The molecule has 2 aliphatic rings. The maximum atomic E-state index is 13.3. The van der Waals surface area contributed by atoms with E-state index in [-0.39, 0.29) is 24.8 Å². The molecule has 0 aromatic heterocycles. The van der Waals surface area contributed by atoms with Crippen molar-refractivity contribution in [2.75, 3.05) is 39.4 Å². The molecule has 1 unspecified atom stereocenters. The Hall–Kier alpha value is -2.28. The molecule has 2 aromatic rings. The lowest BCUT2D eigenvalue weighted by atomic mass is 9.95. The maximum Gasteiger partial charge on any atom is 0.225 e. The molecule has 36 heavy (non-hydrogen) atoms. The van der Waals surface area contributed by atoms with Gasteiger partial charge in [0, 0.05) is 36.1 Å². The van der Waals surface area contributed by atoms with E-state index in [0.29, 0.717) is 48.3 Å². The molecule has 2 aliphatic heterocycles. The number of carbonyl (C=O) groups excluding carboxylic acids is 2. The molecule has 0 saturated carbocycles. The molecule has 0 radical (unpaired) electrons. The number of benzene rings is 2. The summed E-state index contributed by atoms with van der Waals surface area (Å²) in [6.07, 6.45) is 4.28. The first-order chi connectivity index (χ1) is 17.3. The second-order valence-electron chi connectivity index (χ2n) is 9.76. The van der Waals surface area contributed by atoms with Crippen LogP contribution in [0.3, 0.4) is 0 Å². The topological polar surface area (TPSA) is 59.1 Å². The van der Waals surface area contributed by atoms with Crippen molar-refractivity contribution in [3.8, 4) is 5.75 Å². The van der Waals surface area contributed by atoms with Crippen LogP contribution in [-0.4, -0.2) is 66.6 Å². The standard InChI is InChI=1S/C28H34Cl2N2O4/c1-21-17-23(10-11-24(21)29)35-20-28(18-27(34)31-13-5-2-6-14-31)19-32(15-16-36-28)26(33)12-9-22-7-3-4-8-25(22)30/h3-4,7-8,10-11,17H,2,5-6,9,12-16,18-20H2,1H3. The maximum absolute atomic E-state index is 13.3. The number of ether oxygens (including phenoxy) is 2. The SMILES string of the molecule is Cc1cc(OCC2(CC(=O)N3CCCCC3)CN(C(=O)CCc3ccccc3Cl)CCO2)ccc1Cl. The van der Waals surface area contributed by atoms with Crippen molar-refractivity contribution in [3.05, 3.63) is 63.6 Å². The van der Waals surface area contributed by atoms with Crippen molar-refractivity contribution in [1.29, 1.82) is 0 Å². The van der Waals surface area contributed by atoms with Crippen LogP contribution in [0.5, 0.6) is 5.75 Å². The van der Waals surface area contributed by atoms with Gasteiger partial charge >= 0.3 is 0 Å². The third-order valence-corrected chi connectivity index (χ3v) is 7.77. The molecule has 6 nitrogen and oxygen atoms in total. The van der Waals surface area contributed by atoms with Crippen molar-refractivity contribution in [3.63, 3.8) is 0 Å². The first kappa shape index (κ1) is 26.8. The van der Waals surface area contributed by atoms with E-state index in [9.17, 15) is 9.59 Å². The third-order valence-electron chi connectivity index (χ3n) is 6.98. The number of morpholine rings is 1. The van der Waals surface area contributed by atoms with Crippen LogP contribution in [0.25, 0.3) is 0 Å². The largest absolute Gasteiger partial charge is 0.490 e. The number of hydrogen-bond acceptors (Lipinski definition) is 4. The summed E-state index contributed by atoms with van der Waals surface area (Å²) >= 11 is 12.4. The Kier molecular flexibility index (Phi) is 9.15. The minimum absolute atomic E-state index is 0.0235. The first-order valence-electron chi connectivity index (χ1n) is 12.7. The molecule has 0 N–H and O–H groups in total. The lowest BCUT2D eigenvalue weighted by molar-refractivity contribution is -0.166. The quantitative estimate of drug-likeness (QED) is 0.462. The Morgan fingerprint density at radius 3 is 2.50 bits per heavy atom. The van der Waals surface area contributed by atoms with E-state index in [1.54, 1.807) is 11.0 Å². The van der Waals surface area contributed by atoms with Gasteiger partial charge in [0.15, 0.2) is 0 Å². The van der Waals surface area contributed by atoms with Gasteiger partial charge in [-0.15, -0.1) is 0 Å². The molecule has 4 rings (SSSR count). The van der Waals surface area contributed by atoms with Gasteiger partial charge in [0.05, 0.1) is 19.6 Å². The lowest BCUT2D eigenvalue weighted by Crippen LogP contribution is -2.58. The van der Waals surface area contributed by atoms with Gasteiger partial charge in [-0.2, -0.15) is 0 Å². The Balaban J connectivity index is 1.46. The summed E-state index contributed by atoms with van der Waals surface area (Å²) in [5, 5.41) is 1.34. The van der Waals surface area contributed by atoms with Crippen LogP contribution in [0.15, 0.2) is 42.5 Å². The van der Waals surface area contributed by atoms with Crippen LogP contribution in [0.4, 0.5) is 0 Å². The van der Waals surface area contributed by atoms with Crippen LogP contribution in [0.2, 0.25) is 10.0 Å². The summed E-state index contributed by atoms with van der Waals surface area (Å²) < 4.78 is 12.4. The second-order valence-corrected chi connectivity index (χ2v) is 10.6.